The molecule has 5 heavy (non-hydrogen) atoms. The molecule has 0 saturated heterocycles. The van der Waals surface area contributed by atoms with Crippen LogP contribution in [0.25, 0.3) is 0 Å². The van der Waals surface area contributed by atoms with E-state index in [1.807, 2.05) is 0 Å². The predicted molar refractivity (Wildman–Crippen MR) is 1.80 cm³/mol. The maximum absolute atomic E-state index is 8.34. The van der Waals surface area contributed by atoms with Gasteiger partial charge >= 0.3 is 46.4 Å². The molecule has 1 radical (unpaired) electrons. The number of hydrogen-bond acceptors (Lipinski definition) is 1. The topological polar surface area (TPSA) is 17.1 Å². The minimum atomic E-state index is 0. The zero-order valence-corrected chi connectivity index (χ0v) is 10.6. The molecule has 0 bridgehead atoms. The van der Waals surface area contributed by atoms with E-state index in [1.54, 1.807) is 0 Å². The van der Waals surface area contributed by atoms with E-state index in [1.165, 1.54) is 0 Å². The minimum Gasteiger partial charge on any atom is 0 e. The van der Waals surface area contributed by atoms with Gasteiger partial charge in [-0.3, -0.25) is 0 Å². The van der Waals surface area contributed by atoms with E-state index in [2.05, 4.69) is 0 Å². The van der Waals surface area contributed by atoms with Crippen LogP contribution >= 0.6 is 0 Å². The Hall–Kier alpha value is 3.19. The molecular formula is HLaLiOTiZr. The summed E-state index contributed by atoms with van der Waals surface area (Å²) >= 11 is 0.300. The van der Waals surface area contributed by atoms with Crippen LogP contribution in [0.1, 0.15) is 1.43 Å². The fourth-order valence-corrected chi connectivity index (χ4v) is 0. The van der Waals surface area contributed by atoms with Crippen molar-refractivity contribution in [3.8, 4) is 0 Å². The summed E-state index contributed by atoms with van der Waals surface area (Å²) in [4.78, 5) is 0. The SMILES string of the molecule is [H-].[La].[Li+].[O]=[Zr].[Ti]. The summed E-state index contributed by atoms with van der Waals surface area (Å²) in [5.41, 5.74) is 0. The van der Waals surface area contributed by atoms with Crippen LogP contribution in [0.15, 0.2) is 0 Å². The Bertz CT molecular complexity index is 15.5. The molecule has 0 aromatic rings. The first-order chi connectivity index (χ1) is 1.00. The van der Waals surface area contributed by atoms with Gasteiger partial charge in [0.05, 0.1) is 0 Å². The Balaban J connectivity index is -0.000000000833. The van der Waals surface area contributed by atoms with Crippen LogP contribution in [0, 0.1) is 35.6 Å². The molecular weight excluding hydrogens is 301 g/mol. The third-order valence-corrected chi connectivity index (χ3v) is 0. The van der Waals surface area contributed by atoms with Crippen molar-refractivity contribution in [1.82, 2.24) is 0 Å². The van der Waals surface area contributed by atoms with Gasteiger partial charge in [0.25, 0.3) is 0 Å². The Labute approximate surface area is 103 Å². The maximum atomic E-state index is 8.34. The van der Waals surface area contributed by atoms with E-state index in [0.29, 0.717) is 24.7 Å². The summed E-state index contributed by atoms with van der Waals surface area (Å²) in [6.07, 6.45) is 0. The van der Waals surface area contributed by atoms with Gasteiger partial charge in [0.1, 0.15) is 0 Å². The van der Waals surface area contributed by atoms with E-state index in [9.17, 15) is 0 Å². The van der Waals surface area contributed by atoms with Crippen molar-refractivity contribution < 1.29 is 105 Å². The molecule has 0 aromatic heterocycles. The molecule has 0 unspecified atom stereocenters. The average molecular weight is 302 g/mol. The summed E-state index contributed by atoms with van der Waals surface area (Å²) in [5.74, 6) is 0. The Morgan fingerprint density at radius 1 is 1.40 bits per heavy atom. The zero-order chi connectivity index (χ0) is 2.00. The Morgan fingerprint density at radius 3 is 1.40 bits per heavy atom. The number of hydrogen-bond donors (Lipinski definition) is 0. The second-order valence-electron chi connectivity index (χ2n) is 0. The van der Waals surface area contributed by atoms with Crippen LogP contribution in [0.2, 0.25) is 0 Å². The minimum absolute atomic E-state index is 0. The van der Waals surface area contributed by atoms with Gasteiger partial charge in [0.2, 0.25) is 0 Å². The quantitative estimate of drug-likeness (QED) is 0.436. The second kappa shape index (κ2) is 27.1. The summed E-state index contributed by atoms with van der Waals surface area (Å²) < 4.78 is 8.34. The van der Waals surface area contributed by atoms with E-state index >= 15 is 0 Å². The monoisotopic (exact) mass is 301 g/mol. The van der Waals surface area contributed by atoms with E-state index in [-0.39, 0.29) is 77.6 Å². The summed E-state index contributed by atoms with van der Waals surface area (Å²) in [7, 11) is 0. The van der Waals surface area contributed by atoms with Gasteiger partial charge in [0, 0.05) is 57.3 Å². The molecule has 0 amide bonds. The summed E-state index contributed by atoms with van der Waals surface area (Å²) in [5, 5.41) is 0. The van der Waals surface area contributed by atoms with Gasteiger partial charge in [-0.25, -0.2) is 0 Å². The molecule has 0 heterocycles. The van der Waals surface area contributed by atoms with E-state index < -0.39 is 0 Å². The Kier molecular flexibility index (Phi) is 131. The largest absolute Gasteiger partial charge is 0 e. The van der Waals surface area contributed by atoms with Crippen molar-refractivity contribution in [1.29, 1.82) is 0 Å². The molecule has 0 aliphatic rings. The maximum Gasteiger partial charge on any atom is 0 e. The smallest absolute Gasteiger partial charge is 0 e. The third-order valence-electron chi connectivity index (χ3n) is 0. The first kappa shape index (κ1) is 24.1. The van der Waals surface area contributed by atoms with Crippen molar-refractivity contribution in [2.24, 2.45) is 0 Å². The van der Waals surface area contributed by atoms with Gasteiger partial charge in [-0.1, -0.05) is 0 Å². The van der Waals surface area contributed by atoms with Crippen molar-refractivity contribution in [3.05, 3.63) is 0 Å². The molecule has 19 valence electrons. The van der Waals surface area contributed by atoms with E-state index in [0.717, 1.165) is 0 Å². The Morgan fingerprint density at radius 2 is 1.40 bits per heavy atom. The molecule has 0 fully saturated rings. The standard InChI is InChI=1S/La.Li.O.Ti.Zr.H/q;+1;;;;-1. The molecule has 1 nitrogen and oxygen atoms in total. The molecule has 0 N–H and O–H groups in total. The van der Waals surface area contributed by atoms with Crippen LogP contribution in [-0.4, -0.2) is 0 Å². The first-order valence-corrected chi connectivity index (χ1v) is 1.21. The van der Waals surface area contributed by atoms with Gasteiger partial charge in [0.15, 0.2) is 0 Å². The van der Waals surface area contributed by atoms with E-state index in [4.69, 9.17) is 2.81 Å². The molecule has 0 saturated carbocycles. The fraction of sp³-hybridized carbons (Fsp3) is 0. The molecule has 0 atom stereocenters. The second-order valence-corrected chi connectivity index (χ2v) is 0. The molecule has 0 aliphatic carbocycles. The van der Waals surface area contributed by atoms with Gasteiger partial charge in [-0.05, 0) is 0 Å². The van der Waals surface area contributed by atoms with Crippen LogP contribution in [0.5, 0.6) is 0 Å². The normalized spacial score (nSPS) is 0.600. The summed E-state index contributed by atoms with van der Waals surface area (Å²) in [6.45, 7) is 0. The van der Waals surface area contributed by atoms with Gasteiger partial charge in [-0.15, -0.1) is 0 Å². The molecule has 0 spiro atoms. The fourth-order valence-electron chi connectivity index (χ4n) is 0. The van der Waals surface area contributed by atoms with Crippen molar-refractivity contribution >= 4 is 0 Å². The van der Waals surface area contributed by atoms with Crippen molar-refractivity contribution in [2.45, 2.75) is 0 Å². The predicted octanol–water partition coefficient (Wildman–Crippen LogP) is -3.01. The number of rotatable bonds is 0. The van der Waals surface area contributed by atoms with Crippen LogP contribution in [-0.2, 0) is 49.3 Å². The molecule has 0 rings (SSSR count). The van der Waals surface area contributed by atoms with Gasteiger partial charge < -0.3 is 1.43 Å². The van der Waals surface area contributed by atoms with Crippen molar-refractivity contribution in [3.63, 3.8) is 0 Å². The van der Waals surface area contributed by atoms with Crippen LogP contribution in [0.4, 0.5) is 0 Å². The average Bonchev–Trinajstić information content (AvgIpc) is 1.00. The third kappa shape index (κ3) is 19.0. The van der Waals surface area contributed by atoms with Crippen LogP contribution < -0.4 is 18.9 Å². The molecule has 5 heteroatoms. The van der Waals surface area contributed by atoms with Gasteiger partial charge in [-0.2, -0.15) is 0 Å². The molecule has 0 aliphatic heterocycles. The summed E-state index contributed by atoms with van der Waals surface area (Å²) in [6, 6.07) is 0. The molecule has 0 aromatic carbocycles. The van der Waals surface area contributed by atoms with Crippen LogP contribution in [0.3, 0.4) is 0 Å². The first-order valence-electron chi connectivity index (χ1n) is 0.204. The zero-order valence-electron chi connectivity index (χ0n) is 3.99. The van der Waals surface area contributed by atoms with Crippen molar-refractivity contribution in [2.75, 3.05) is 0 Å².